The highest BCUT2D eigenvalue weighted by atomic mass is 32.2. The second kappa shape index (κ2) is 7.05. The molecule has 0 heterocycles. The fourth-order valence-electron chi connectivity index (χ4n) is 3.12. The number of aryl methyl sites for hydroxylation is 1. The highest BCUT2D eigenvalue weighted by molar-refractivity contribution is 7.98. The lowest BCUT2D eigenvalue weighted by Crippen LogP contribution is -2.31. The minimum absolute atomic E-state index is 0.0285. The molecule has 124 valence electrons. The molecule has 0 fully saturated rings. The van der Waals surface area contributed by atoms with Crippen LogP contribution >= 0.6 is 11.8 Å². The van der Waals surface area contributed by atoms with Crippen LogP contribution in [0.2, 0.25) is 0 Å². The highest BCUT2D eigenvalue weighted by Crippen LogP contribution is 2.31. The number of nitro groups is 1. The van der Waals surface area contributed by atoms with Crippen molar-refractivity contribution in [1.29, 1.82) is 0 Å². The van der Waals surface area contributed by atoms with Crippen molar-refractivity contribution in [2.24, 2.45) is 0 Å². The number of nitro benzene ring substituents is 1. The van der Waals surface area contributed by atoms with Crippen LogP contribution in [0, 0.1) is 10.1 Å². The van der Waals surface area contributed by atoms with Crippen molar-refractivity contribution < 1.29 is 9.72 Å². The lowest BCUT2D eigenvalue weighted by Gasteiger charge is -2.26. The Kier molecular flexibility index (Phi) is 4.85. The Morgan fingerprint density at radius 2 is 2.08 bits per heavy atom. The van der Waals surface area contributed by atoms with Gasteiger partial charge in [0.1, 0.15) is 0 Å². The predicted molar refractivity (Wildman–Crippen MR) is 94.5 cm³/mol. The molecule has 5 nitrogen and oxygen atoms in total. The van der Waals surface area contributed by atoms with Crippen molar-refractivity contribution in [3.8, 4) is 0 Å². The van der Waals surface area contributed by atoms with Gasteiger partial charge in [0.25, 0.3) is 11.6 Å². The van der Waals surface area contributed by atoms with Gasteiger partial charge in [0.15, 0.2) is 0 Å². The van der Waals surface area contributed by atoms with E-state index in [-0.39, 0.29) is 17.6 Å². The van der Waals surface area contributed by atoms with Crippen LogP contribution in [0.5, 0.6) is 0 Å². The summed E-state index contributed by atoms with van der Waals surface area (Å²) in [5.74, 6) is -0.271. The number of nitrogens with one attached hydrogen (secondary N) is 1. The van der Waals surface area contributed by atoms with E-state index in [2.05, 4.69) is 11.4 Å². The smallest absolute Gasteiger partial charge is 0.283 e. The van der Waals surface area contributed by atoms with Gasteiger partial charge >= 0.3 is 0 Å². The largest absolute Gasteiger partial charge is 0.345 e. The maximum atomic E-state index is 12.6. The summed E-state index contributed by atoms with van der Waals surface area (Å²) in [6.07, 6.45) is 4.71. The van der Waals surface area contributed by atoms with Crippen LogP contribution in [-0.4, -0.2) is 17.1 Å². The molecule has 0 saturated carbocycles. The van der Waals surface area contributed by atoms with Gasteiger partial charge in [-0.05, 0) is 48.8 Å². The van der Waals surface area contributed by atoms with Crippen LogP contribution in [0.3, 0.4) is 0 Å². The first-order chi connectivity index (χ1) is 11.6. The van der Waals surface area contributed by atoms with Crippen molar-refractivity contribution in [1.82, 2.24) is 5.32 Å². The molecule has 0 aromatic heterocycles. The van der Waals surface area contributed by atoms with Crippen LogP contribution in [0.1, 0.15) is 40.4 Å². The van der Waals surface area contributed by atoms with Gasteiger partial charge < -0.3 is 5.32 Å². The first-order valence-corrected chi connectivity index (χ1v) is 9.03. The van der Waals surface area contributed by atoms with Gasteiger partial charge in [-0.25, -0.2) is 0 Å². The van der Waals surface area contributed by atoms with Crippen molar-refractivity contribution in [2.45, 2.75) is 30.2 Å². The lowest BCUT2D eigenvalue weighted by atomic mass is 9.87. The number of rotatable bonds is 4. The summed E-state index contributed by atoms with van der Waals surface area (Å²) in [5.41, 5.74) is 2.70. The van der Waals surface area contributed by atoms with Gasteiger partial charge in [-0.3, -0.25) is 14.9 Å². The zero-order chi connectivity index (χ0) is 17.1. The molecule has 24 heavy (non-hydrogen) atoms. The van der Waals surface area contributed by atoms with E-state index in [1.54, 1.807) is 18.4 Å². The third kappa shape index (κ3) is 3.28. The fraction of sp³-hybridized carbons (Fsp3) is 0.278. The standard InChI is InChI=1S/C18H18N2O3S/c1-24-17-10-9-13(11-16(17)20(22)23)18(21)19-15-8-4-6-12-5-2-3-7-14(12)15/h2-3,5,7,9-11,15H,4,6,8H2,1H3,(H,19,21)/t15-/m1/s1. The topological polar surface area (TPSA) is 72.2 Å². The number of fused-ring (bicyclic) bond motifs is 1. The Balaban J connectivity index is 1.84. The molecular formula is C18H18N2O3S. The molecule has 1 aliphatic rings. The minimum atomic E-state index is -0.446. The van der Waals surface area contributed by atoms with Crippen LogP contribution in [-0.2, 0) is 6.42 Å². The van der Waals surface area contributed by atoms with E-state index in [0.717, 1.165) is 24.8 Å². The van der Waals surface area contributed by atoms with E-state index in [1.165, 1.54) is 23.4 Å². The minimum Gasteiger partial charge on any atom is -0.345 e. The summed E-state index contributed by atoms with van der Waals surface area (Å²) in [4.78, 5) is 23.8. The van der Waals surface area contributed by atoms with E-state index in [4.69, 9.17) is 0 Å². The van der Waals surface area contributed by atoms with Gasteiger partial charge in [0.05, 0.1) is 15.9 Å². The third-order valence-electron chi connectivity index (χ3n) is 4.31. The van der Waals surface area contributed by atoms with Crippen molar-refractivity contribution in [2.75, 3.05) is 6.26 Å². The van der Waals surface area contributed by atoms with Gasteiger partial charge in [-0.1, -0.05) is 24.3 Å². The zero-order valence-electron chi connectivity index (χ0n) is 13.3. The molecule has 0 aliphatic heterocycles. The van der Waals surface area contributed by atoms with Crippen molar-refractivity contribution >= 4 is 23.4 Å². The van der Waals surface area contributed by atoms with Crippen LogP contribution in [0.25, 0.3) is 0 Å². The molecule has 6 heteroatoms. The summed E-state index contributed by atoms with van der Waals surface area (Å²) in [6, 6.07) is 12.7. The summed E-state index contributed by atoms with van der Waals surface area (Å²) in [6.45, 7) is 0. The molecule has 0 unspecified atom stereocenters. The van der Waals surface area contributed by atoms with E-state index in [0.29, 0.717) is 10.5 Å². The zero-order valence-corrected chi connectivity index (χ0v) is 14.1. The van der Waals surface area contributed by atoms with Crippen LogP contribution < -0.4 is 5.32 Å². The molecule has 0 bridgehead atoms. The van der Waals surface area contributed by atoms with Gasteiger partial charge in [0, 0.05) is 11.6 Å². The second-order valence-corrected chi connectivity index (χ2v) is 6.61. The Hall–Kier alpha value is -2.34. The third-order valence-corrected chi connectivity index (χ3v) is 5.10. The number of carbonyl (C=O) groups is 1. The van der Waals surface area contributed by atoms with E-state index < -0.39 is 4.92 Å². The van der Waals surface area contributed by atoms with Crippen LogP contribution in [0.15, 0.2) is 47.4 Å². The molecule has 3 rings (SSSR count). The molecular weight excluding hydrogens is 324 g/mol. The number of hydrogen-bond donors (Lipinski definition) is 1. The first-order valence-electron chi connectivity index (χ1n) is 7.81. The number of thioether (sulfide) groups is 1. The summed E-state index contributed by atoms with van der Waals surface area (Å²) in [7, 11) is 0. The summed E-state index contributed by atoms with van der Waals surface area (Å²) in [5, 5.41) is 14.2. The molecule has 2 aromatic rings. The van der Waals surface area contributed by atoms with Gasteiger partial charge in [-0.2, -0.15) is 0 Å². The first kappa shape index (κ1) is 16.5. The van der Waals surface area contributed by atoms with Crippen LogP contribution in [0.4, 0.5) is 5.69 Å². The average Bonchev–Trinajstić information content (AvgIpc) is 2.61. The summed E-state index contributed by atoms with van der Waals surface area (Å²) < 4.78 is 0. The number of amides is 1. The number of hydrogen-bond acceptors (Lipinski definition) is 4. The monoisotopic (exact) mass is 342 g/mol. The Labute approximate surface area is 144 Å². The maximum Gasteiger partial charge on any atom is 0.283 e. The number of benzene rings is 2. The van der Waals surface area contributed by atoms with Crippen molar-refractivity contribution in [3.05, 3.63) is 69.3 Å². The Bertz CT molecular complexity index is 792. The Morgan fingerprint density at radius 1 is 1.29 bits per heavy atom. The fourth-order valence-corrected chi connectivity index (χ4v) is 3.67. The summed E-state index contributed by atoms with van der Waals surface area (Å²) >= 11 is 1.30. The highest BCUT2D eigenvalue weighted by Gasteiger charge is 2.23. The molecule has 1 amide bonds. The van der Waals surface area contributed by atoms with E-state index in [1.807, 2.05) is 18.2 Å². The lowest BCUT2D eigenvalue weighted by molar-refractivity contribution is -0.387. The van der Waals surface area contributed by atoms with Gasteiger partial charge in [-0.15, -0.1) is 11.8 Å². The Morgan fingerprint density at radius 3 is 2.83 bits per heavy atom. The molecule has 0 spiro atoms. The average molecular weight is 342 g/mol. The van der Waals surface area contributed by atoms with E-state index >= 15 is 0 Å². The molecule has 1 atom stereocenters. The molecule has 2 aromatic carbocycles. The second-order valence-electron chi connectivity index (χ2n) is 5.76. The molecule has 0 saturated heterocycles. The quantitative estimate of drug-likeness (QED) is 0.515. The molecule has 1 N–H and O–H groups in total. The van der Waals surface area contributed by atoms with E-state index in [9.17, 15) is 14.9 Å². The normalized spacial score (nSPS) is 16.3. The van der Waals surface area contributed by atoms with Crippen molar-refractivity contribution in [3.63, 3.8) is 0 Å². The molecule has 0 radical (unpaired) electrons. The maximum absolute atomic E-state index is 12.6. The number of carbonyl (C=O) groups excluding carboxylic acids is 1. The molecule has 1 aliphatic carbocycles. The van der Waals surface area contributed by atoms with Gasteiger partial charge in [0.2, 0.25) is 0 Å². The number of nitrogens with zero attached hydrogens (tertiary/aromatic N) is 1. The predicted octanol–water partition coefficient (Wildman–Crippen LogP) is 4.12. The SMILES string of the molecule is CSc1ccc(C(=O)N[C@@H]2CCCc3ccccc32)cc1[N+](=O)[O-].